The summed E-state index contributed by atoms with van der Waals surface area (Å²) >= 11 is 0. The van der Waals surface area contributed by atoms with E-state index < -0.39 is 10.0 Å². The Kier molecular flexibility index (Phi) is 6.59. The van der Waals surface area contributed by atoms with Crippen LogP contribution in [0.4, 0.5) is 0 Å². The average molecular weight is 368 g/mol. The number of carbonyl (C=O) groups is 1. The molecule has 1 aromatic rings. The molecule has 2 rings (SSSR count). The van der Waals surface area contributed by atoms with Crippen molar-refractivity contribution in [2.45, 2.75) is 38.1 Å². The molecule has 0 saturated carbocycles. The first-order valence-corrected chi connectivity index (χ1v) is 10.1. The second-order valence-electron chi connectivity index (χ2n) is 6.94. The molecule has 1 atom stereocenters. The number of rotatable bonds is 6. The number of amides is 1. The van der Waals surface area contributed by atoms with Gasteiger partial charge in [0.05, 0.1) is 18.1 Å². The Labute approximate surface area is 150 Å². The van der Waals surface area contributed by atoms with Crippen LogP contribution in [-0.4, -0.2) is 62.9 Å². The van der Waals surface area contributed by atoms with Gasteiger partial charge in [-0.25, -0.2) is 8.42 Å². The molecule has 0 unspecified atom stereocenters. The molecule has 7 heteroatoms. The van der Waals surface area contributed by atoms with Gasteiger partial charge >= 0.3 is 0 Å². The van der Waals surface area contributed by atoms with Crippen LogP contribution in [0.3, 0.4) is 0 Å². The summed E-state index contributed by atoms with van der Waals surface area (Å²) < 4.78 is 32.1. The van der Waals surface area contributed by atoms with E-state index in [2.05, 4.69) is 13.8 Å². The van der Waals surface area contributed by atoms with Crippen molar-refractivity contribution in [2.75, 3.05) is 33.4 Å². The summed E-state index contributed by atoms with van der Waals surface area (Å²) in [5.41, 5.74) is 0.396. The van der Waals surface area contributed by atoms with Gasteiger partial charge in [0.1, 0.15) is 0 Å². The van der Waals surface area contributed by atoms with Gasteiger partial charge in [-0.2, -0.15) is 4.31 Å². The monoisotopic (exact) mass is 368 g/mol. The van der Waals surface area contributed by atoms with Gasteiger partial charge in [0.25, 0.3) is 5.91 Å². The van der Waals surface area contributed by atoms with Crippen LogP contribution in [0.1, 0.15) is 37.6 Å². The minimum Gasteiger partial charge on any atom is -0.379 e. The average Bonchev–Trinajstić information content (AvgIpc) is 2.60. The van der Waals surface area contributed by atoms with E-state index in [-0.39, 0.29) is 16.8 Å². The Balaban J connectivity index is 2.21. The minimum absolute atomic E-state index is 0.0898. The first-order valence-electron chi connectivity index (χ1n) is 8.68. The molecule has 1 saturated heterocycles. The van der Waals surface area contributed by atoms with Crippen LogP contribution in [0.25, 0.3) is 0 Å². The van der Waals surface area contributed by atoms with Crippen LogP contribution in [0.5, 0.6) is 0 Å². The molecule has 0 spiro atoms. The summed E-state index contributed by atoms with van der Waals surface area (Å²) in [6, 6.07) is 6.40. The van der Waals surface area contributed by atoms with E-state index in [1.807, 2.05) is 6.92 Å². The molecule has 6 nitrogen and oxygen atoms in total. The largest absolute Gasteiger partial charge is 0.379 e. The second-order valence-corrected chi connectivity index (χ2v) is 8.88. The topological polar surface area (TPSA) is 66.9 Å². The standard InChI is InChI=1S/C18H28N2O4S/c1-14(2)12-15(3)19(4)18(21)16-6-5-7-17(13-16)25(22,23)20-8-10-24-11-9-20/h5-7,13-15H,8-12H2,1-4H3/t15-/m0/s1. The van der Waals surface area contributed by atoms with Crippen LogP contribution in [0.2, 0.25) is 0 Å². The normalized spacial score (nSPS) is 17.5. The second kappa shape index (κ2) is 8.29. The Morgan fingerprint density at radius 3 is 2.48 bits per heavy atom. The zero-order valence-electron chi connectivity index (χ0n) is 15.4. The molecular weight excluding hydrogens is 340 g/mol. The van der Waals surface area contributed by atoms with E-state index in [1.54, 1.807) is 30.1 Å². The number of hydrogen-bond donors (Lipinski definition) is 0. The van der Waals surface area contributed by atoms with E-state index in [0.717, 1.165) is 6.42 Å². The lowest BCUT2D eigenvalue weighted by atomic mass is 10.0. The summed E-state index contributed by atoms with van der Waals surface area (Å²) in [7, 11) is -1.84. The van der Waals surface area contributed by atoms with Crippen LogP contribution in [-0.2, 0) is 14.8 Å². The third kappa shape index (κ3) is 4.80. The summed E-state index contributed by atoms with van der Waals surface area (Å²) in [6.45, 7) is 7.71. The molecule has 1 aliphatic rings. The number of carbonyl (C=O) groups excluding carboxylic acids is 1. The Morgan fingerprint density at radius 1 is 1.24 bits per heavy atom. The van der Waals surface area contributed by atoms with Crippen molar-refractivity contribution < 1.29 is 17.9 Å². The molecular formula is C18H28N2O4S. The van der Waals surface area contributed by atoms with Crippen molar-refractivity contribution >= 4 is 15.9 Å². The molecule has 0 radical (unpaired) electrons. The van der Waals surface area contributed by atoms with Crippen molar-refractivity contribution in [3.05, 3.63) is 29.8 Å². The predicted octanol–water partition coefficient (Wildman–Crippen LogP) is 2.21. The number of nitrogens with zero attached hydrogens (tertiary/aromatic N) is 2. The van der Waals surface area contributed by atoms with Gasteiger partial charge in [-0.1, -0.05) is 19.9 Å². The lowest BCUT2D eigenvalue weighted by Gasteiger charge is -2.27. The molecule has 1 heterocycles. The van der Waals surface area contributed by atoms with Crippen molar-refractivity contribution in [3.8, 4) is 0 Å². The summed E-state index contributed by atoms with van der Waals surface area (Å²) in [4.78, 5) is 14.6. The van der Waals surface area contributed by atoms with E-state index >= 15 is 0 Å². The smallest absolute Gasteiger partial charge is 0.253 e. The molecule has 140 valence electrons. The highest BCUT2D eigenvalue weighted by Gasteiger charge is 2.27. The van der Waals surface area contributed by atoms with E-state index in [1.165, 1.54) is 10.4 Å². The SMILES string of the molecule is CC(C)C[C@H](C)N(C)C(=O)c1cccc(S(=O)(=O)N2CCOCC2)c1. The highest BCUT2D eigenvalue weighted by Crippen LogP contribution is 2.20. The van der Waals surface area contributed by atoms with E-state index in [4.69, 9.17) is 4.74 Å². The number of sulfonamides is 1. The highest BCUT2D eigenvalue weighted by molar-refractivity contribution is 7.89. The Bertz CT molecular complexity index is 697. The van der Waals surface area contributed by atoms with Crippen LogP contribution in [0, 0.1) is 5.92 Å². The lowest BCUT2D eigenvalue weighted by molar-refractivity contribution is 0.0724. The van der Waals surface area contributed by atoms with Gasteiger partial charge in [-0.15, -0.1) is 0 Å². The van der Waals surface area contributed by atoms with Gasteiger partial charge in [0.2, 0.25) is 10.0 Å². The molecule has 1 aromatic carbocycles. The highest BCUT2D eigenvalue weighted by atomic mass is 32.2. The number of benzene rings is 1. The quantitative estimate of drug-likeness (QED) is 0.772. The molecule has 0 bridgehead atoms. The number of morpholine rings is 1. The molecule has 0 aromatic heterocycles. The molecule has 25 heavy (non-hydrogen) atoms. The molecule has 1 aliphatic heterocycles. The number of hydrogen-bond acceptors (Lipinski definition) is 4. The fourth-order valence-corrected chi connectivity index (χ4v) is 4.42. The van der Waals surface area contributed by atoms with E-state index in [9.17, 15) is 13.2 Å². The first kappa shape index (κ1) is 19.9. The molecule has 0 N–H and O–H groups in total. The van der Waals surface area contributed by atoms with Crippen LogP contribution in [0.15, 0.2) is 29.2 Å². The van der Waals surface area contributed by atoms with Gasteiger partial charge in [0.15, 0.2) is 0 Å². The van der Waals surface area contributed by atoms with Crippen LogP contribution < -0.4 is 0 Å². The first-order chi connectivity index (χ1) is 11.7. The zero-order chi connectivity index (χ0) is 18.6. The minimum atomic E-state index is -3.60. The van der Waals surface area contributed by atoms with E-state index in [0.29, 0.717) is 37.8 Å². The van der Waals surface area contributed by atoms with Gasteiger partial charge in [0, 0.05) is 31.7 Å². The van der Waals surface area contributed by atoms with Gasteiger partial charge in [-0.3, -0.25) is 4.79 Å². The van der Waals surface area contributed by atoms with Crippen molar-refractivity contribution in [1.29, 1.82) is 0 Å². The Morgan fingerprint density at radius 2 is 1.88 bits per heavy atom. The van der Waals surface area contributed by atoms with Crippen molar-refractivity contribution in [3.63, 3.8) is 0 Å². The molecule has 1 amide bonds. The third-order valence-electron chi connectivity index (χ3n) is 4.48. The lowest BCUT2D eigenvalue weighted by Crippen LogP contribution is -2.40. The third-order valence-corrected chi connectivity index (χ3v) is 6.38. The summed E-state index contributed by atoms with van der Waals surface area (Å²) in [5.74, 6) is 0.325. The Hall–Kier alpha value is -1.44. The zero-order valence-corrected chi connectivity index (χ0v) is 16.3. The van der Waals surface area contributed by atoms with Crippen molar-refractivity contribution in [1.82, 2.24) is 9.21 Å². The number of ether oxygens (including phenoxy) is 1. The van der Waals surface area contributed by atoms with Gasteiger partial charge < -0.3 is 9.64 Å². The predicted molar refractivity (Wildman–Crippen MR) is 97.0 cm³/mol. The molecule has 1 fully saturated rings. The molecule has 0 aliphatic carbocycles. The maximum atomic E-state index is 12.8. The van der Waals surface area contributed by atoms with Crippen molar-refractivity contribution in [2.24, 2.45) is 5.92 Å². The summed E-state index contributed by atoms with van der Waals surface area (Å²) in [6.07, 6.45) is 0.897. The maximum Gasteiger partial charge on any atom is 0.253 e. The fourth-order valence-electron chi connectivity index (χ4n) is 2.97. The maximum absolute atomic E-state index is 12.8. The summed E-state index contributed by atoms with van der Waals surface area (Å²) in [5, 5.41) is 0. The fraction of sp³-hybridized carbons (Fsp3) is 0.611. The van der Waals surface area contributed by atoms with Crippen LogP contribution >= 0.6 is 0 Å². The van der Waals surface area contributed by atoms with Gasteiger partial charge in [-0.05, 0) is 37.5 Å².